The van der Waals surface area contributed by atoms with Crippen LogP contribution in [0.15, 0.2) is 0 Å². The molecule has 1 unspecified atom stereocenters. The van der Waals surface area contributed by atoms with Crippen LogP contribution in [0.2, 0.25) is 0 Å². The van der Waals surface area contributed by atoms with Crippen molar-refractivity contribution in [2.24, 2.45) is 5.73 Å². The van der Waals surface area contributed by atoms with Crippen molar-refractivity contribution < 1.29 is 14.6 Å². The minimum Gasteiger partial charge on any atom is -0.450 e. The van der Waals surface area contributed by atoms with Gasteiger partial charge in [0, 0.05) is 12.6 Å². The summed E-state index contributed by atoms with van der Waals surface area (Å²) in [6.07, 6.45) is -0.369. The monoisotopic (exact) mass is 188 g/mol. The number of nitrogens with zero attached hydrogens (tertiary/aromatic N) is 1. The molecule has 1 aliphatic rings. The van der Waals surface area contributed by atoms with Crippen LogP contribution in [0.4, 0.5) is 4.79 Å². The minimum atomic E-state index is -0.627. The van der Waals surface area contributed by atoms with Crippen LogP contribution < -0.4 is 5.73 Å². The molecule has 1 rings (SSSR count). The zero-order valence-electron chi connectivity index (χ0n) is 7.77. The summed E-state index contributed by atoms with van der Waals surface area (Å²) in [5.74, 6) is 0. The molecule has 1 fully saturated rings. The van der Waals surface area contributed by atoms with E-state index in [9.17, 15) is 9.90 Å². The third-order valence-electron chi connectivity index (χ3n) is 2.16. The van der Waals surface area contributed by atoms with E-state index in [1.807, 2.05) is 0 Å². The number of carbonyl (C=O) groups excluding carboxylic acids is 1. The van der Waals surface area contributed by atoms with Gasteiger partial charge in [-0.3, -0.25) is 0 Å². The largest absolute Gasteiger partial charge is 0.450 e. The molecule has 13 heavy (non-hydrogen) atoms. The highest BCUT2D eigenvalue weighted by atomic mass is 16.6. The third-order valence-corrected chi connectivity index (χ3v) is 2.16. The fourth-order valence-electron chi connectivity index (χ4n) is 1.33. The Kier molecular flexibility index (Phi) is 3.50. The standard InChI is InChI=1S/C8H16N2O3/c1-2-13-8(12)10-4-3-6(9)7(11)5-10/h6-7,11H,2-5,9H2,1H3/t6?,7-/m1/s1. The quantitative estimate of drug-likeness (QED) is 0.583. The number of piperidine rings is 1. The Hall–Kier alpha value is -0.810. The SMILES string of the molecule is CCOC(=O)N1CCC(N)[C@H](O)C1. The number of carbonyl (C=O) groups is 1. The Morgan fingerprint density at radius 2 is 2.46 bits per heavy atom. The van der Waals surface area contributed by atoms with Crippen LogP contribution in [0, 0.1) is 0 Å². The molecule has 0 spiro atoms. The zero-order valence-corrected chi connectivity index (χ0v) is 7.77. The third kappa shape index (κ3) is 2.57. The molecule has 0 bridgehead atoms. The molecule has 1 aliphatic heterocycles. The first-order valence-corrected chi connectivity index (χ1v) is 4.50. The lowest BCUT2D eigenvalue weighted by molar-refractivity contribution is 0.0402. The van der Waals surface area contributed by atoms with Gasteiger partial charge in [0.05, 0.1) is 19.3 Å². The van der Waals surface area contributed by atoms with Gasteiger partial charge in [0.1, 0.15) is 0 Å². The molecule has 2 atom stereocenters. The molecule has 0 radical (unpaired) electrons. The smallest absolute Gasteiger partial charge is 0.409 e. The Labute approximate surface area is 77.5 Å². The second-order valence-corrected chi connectivity index (χ2v) is 3.16. The van der Waals surface area contributed by atoms with Crippen molar-refractivity contribution >= 4 is 6.09 Å². The summed E-state index contributed by atoms with van der Waals surface area (Å²) >= 11 is 0. The van der Waals surface area contributed by atoms with Crippen LogP contribution in [0.25, 0.3) is 0 Å². The van der Waals surface area contributed by atoms with Gasteiger partial charge >= 0.3 is 6.09 Å². The van der Waals surface area contributed by atoms with E-state index in [0.717, 1.165) is 0 Å². The summed E-state index contributed by atoms with van der Waals surface area (Å²) in [5, 5.41) is 9.39. The maximum atomic E-state index is 11.2. The van der Waals surface area contributed by atoms with Crippen LogP contribution in [0.3, 0.4) is 0 Å². The number of likely N-dealkylation sites (tertiary alicyclic amines) is 1. The summed E-state index contributed by atoms with van der Waals surface area (Å²) in [6.45, 7) is 2.96. The zero-order chi connectivity index (χ0) is 9.84. The van der Waals surface area contributed by atoms with Gasteiger partial charge in [-0.15, -0.1) is 0 Å². The summed E-state index contributed by atoms with van der Waals surface area (Å²) in [5.41, 5.74) is 5.59. The van der Waals surface area contributed by atoms with Crippen molar-refractivity contribution in [3.05, 3.63) is 0 Å². The Balaban J connectivity index is 2.40. The van der Waals surface area contributed by atoms with E-state index in [0.29, 0.717) is 19.6 Å². The molecular formula is C8H16N2O3. The predicted octanol–water partition coefficient (Wildman–Crippen LogP) is -0.463. The fourth-order valence-corrected chi connectivity index (χ4v) is 1.33. The van der Waals surface area contributed by atoms with Crippen LogP contribution in [-0.2, 0) is 4.74 Å². The van der Waals surface area contributed by atoms with E-state index in [2.05, 4.69) is 0 Å². The molecule has 5 nitrogen and oxygen atoms in total. The highest BCUT2D eigenvalue weighted by molar-refractivity contribution is 5.67. The number of amides is 1. The number of β-amino-alcohol motifs (C(OH)–C–C–N with tert-alkyl or cyclic N) is 1. The highest BCUT2D eigenvalue weighted by Crippen LogP contribution is 2.10. The average Bonchev–Trinajstić information content (AvgIpc) is 2.10. The van der Waals surface area contributed by atoms with E-state index >= 15 is 0 Å². The number of hydrogen-bond acceptors (Lipinski definition) is 4. The molecule has 5 heteroatoms. The van der Waals surface area contributed by atoms with Gasteiger partial charge in [-0.2, -0.15) is 0 Å². The maximum Gasteiger partial charge on any atom is 0.409 e. The number of nitrogens with two attached hydrogens (primary N) is 1. The van der Waals surface area contributed by atoms with Gasteiger partial charge < -0.3 is 20.5 Å². The maximum absolute atomic E-state index is 11.2. The lowest BCUT2D eigenvalue weighted by Gasteiger charge is -2.33. The molecular weight excluding hydrogens is 172 g/mol. The lowest BCUT2D eigenvalue weighted by Crippen LogP contribution is -2.52. The van der Waals surface area contributed by atoms with E-state index in [1.54, 1.807) is 6.92 Å². The van der Waals surface area contributed by atoms with Gasteiger partial charge in [0.2, 0.25) is 0 Å². The van der Waals surface area contributed by atoms with Crippen molar-refractivity contribution in [3.8, 4) is 0 Å². The van der Waals surface area contributed by atoms with Crippen LogP contribution in [-0.4, -0.2) is 47.9 Å². The molecule has 76 valence electrons. The number of hydrogen-bond donors (Lipinski definition) is 2. The number of rotatable bonds is 1. The molecule has 0 aromatic carbocycles. The summed E-state index contributed by atoms with van der Waals surface area (Å²) in [6, 6.07) is -0.217. The summed E-state index contributed by atoms with van der Waals surface area (Å²) in [4.78, 5) is 12.7. The highest BCUT2D eigenvalue weighted by Gasteiger charge is 2.28. The van der Waals surface area contributed by atoms with Crippen molar-refractivity contribution in [2.75, 3.05) is 19.7 Å². The Morgan fingerprint density at radius 3 is 3.00 bits per heavy atom. The second kappa shape index (κ2) is 4.43. The number of ether oxygens (including phenoxy) is 1. The van der Waals surface area contributed by atoms with E-state index in [1.165, 1.54) is 4.90 Å². The topological polar surface area (TPSA) is 75.8 Å². The van der Waals surface area contributed by atoms with Crippen LogP contribution in [0.5, 0.6) is 0 Å². The molecule has 0 aromatic rings. The molecule has 0 aliphatic carbocycles. The molecule has 0 aromatic heterocycles. The predicted molar refractivity (Wildman–Crippen MR) is 47.2 cm³/mol. The first-order valence-electron chi connectivity index (χ1n) is 4.50. The van der Waals surface area contributed by atoms with E-state index in [4.69, 9.17) is 10.5 Å². The molecule has 1 heterocycles. The lowest BCUT2D eigenvalue weighted by atomic mass is 10.0. The van der Waals surface area contributed by atoms with Crippen LogP contribution >= 0.6 is 0 Å². The first-order chi connectivity index (χ1) is 6.15. The molecule has 3 N–H and O–H groups in total. The van der Waals surface area contributed by atoms with Gasteiger partial charge in [-0.1, -0.05) is 0 Å². The molecule has 1 amide bonds. The molecule has 0 saturated carbocycles. The van der Waals surface area contributed by atoms with Gasteiger partial charge in [-0.05, 0) is 13.3 Å². The van der Waals surface area contributed by atoms with E-state index < -0.39 is 6.10 Å². The molecule has 1 saturated heterocycles. The van der Waals surface area contributed by atoms with Crippen molar-refractivity contribution in [3.63, 3.8) is 0 Å². The summed E-state index contributed by atoms with van der Waals surface area (Å²) < 4.78 is 4.80. The average molecular weight is 188 g/mol. The van der Waals surface area contributed by atoms with Crippen LogP contribution in [0.1, 0.15) is 13.3 Å². The number of aliphatic hydroxyl groups is 1. The van der Waals surface area contributed by atoms with Gasteiger partial charge in [0.15, 0.2) is 0 Å². The normalized spacial score (nSPS) is 28.7. The van der Waals surface area contributed by atoms with Gasteiger partial charge in [0.25, 0.3) is 0 Å². The van der Waals surface area contributed by atoms with E-state index in [-0.39, 0.29) is 18.7 Å². The van der Waals surface area contributed by atoms with Crippen molar-refractivity contribution in [1.29, 1.82) is 0 Å². The fraction of sp³-hybridized carbons (Fsp3) is 0.875. The number of aliphatic hydroxyl groups excluding tert-OH is 1. The Morgan fingerprint density at radius 1 is 1.77 bits per heavy atom. The second-order valence-electron chi connectivity index (χ2n) is 3.16. The van der Waals surface area contributed by atoms with Crippen molar-refractivity contribution in [1.82, 2.24) is 4.90 Å². The summed E-state index contributed by atoms with van der Waals surface area (Å²) in [7, 11) is 0. The Bertz CT molecular complexity index is 186. The van der Waals surface area contributed by atoms with Crippen molar-refractivity contribution in [2.45, 2.75) is 25.5 Å². The minimum absolute atomic E-state index is 0.217. The van der Waals surface area contributed by atoms with Gasteiger partial charge in [-0.25, -0.2) is 4.79 Å². The first kappa shape index (κ1) is 10.3.